The van der Waals surface area contributed by atoms with E-state index in [9.17, 15) is 0 Å². The molecule has 0 heteroatoms. The Bertz CT molecular complexity index is 461. The molecule has 16 heavy (non-hydrogen) atoms. The van der Waals surface area contributed by atoms with Crippen LogP contribution in [0, 0.1) is 0 Å². The van der Waals surface area contributed by atoms with E-state index in [1.807, 2.05) is 25.1 Å². The molecular formula is C16H24. The van der Waals surface area contributed by atoms with Gasteiger partial charge in [-0.25, -0.2) is 0 Å². The van der Waals surface area contributed by atoms with Crippen LogP contribution < -0.4 is 10.4 Å². The van der Waals surface area contributed by atoms with Crippen molar-refractivity contribution in [3.05, 3.63) is 58.5 Å². The zero-order valence-corrected chi connectivity index (χ0v) is 8.88. The second-order valence-electron chi connectivity index (χ2n) is 3.50. The summed E-state index contributed by atoms with van der Waals surface area (Å²) in [5, 5.41) is 2.21. The van der Waals surface area contributed by atoms with E-state index in [1.165, 1.54) is 5.57 Å². The average molecular weight is 216 g/mol. The standard InChI is InChI=1S/C14H16.2CH4/c1-11(2)12(3)9-10-14-8-6-5-7-13(14)4;;/h5-10H,1,4H2,2-3H3;2*1H4/b12-9+,14-10-;;. The molecule has 0 saturated heterocycles. The molecule has 0 bridgehead atoms. The lowest BCUT2D eigenvalue weighted by molar-refractivity contribution is 1.37. The van der Waals surface area contributed by atoms with Gasteiger partial charge in [0.15, 0.2) is 0 Å². The molecule has 1 rings (SSSR count). The van der Waals surface area contributed by atoms with Crippen LogP contribution >= 0.6 is 0 Å². The number of benzene rings is 1. The van der Waals surface area contributed by atoms with E-state index in [-0.39, 0.29) is 14.9 Å². The maximum atomic E-state index is 3.96. The van der Waals surface area contributed by atoms with Crippen LogP contribution in [0.4, 0.5) is 0 Å². The van der Waals surface area contributed by atoms with Gasteiger partial charge in [-0.2, -0.15) is 0 Å². The molecule has 0 aliphatic heterocycles. The SMILES string of the molecule is C.C.C=C(C)/C(C)=C/C=c1/ccccc1=C. The zero-order valence-electron chi connectivity index (χ0n) is 8.88. The van der Waals surface area contributed by atoms with Gasteiger partial charge in [0.05, 0.1) is 0 Å². The maximum absolute atomic E-state index is 3.96. The third-order valence-corrected chi connectivity index (χ3v) is 2.24. The molecule has 0 aliphatic carbocycles. The average Bonchev–Trinajstić information content (AvgIpc) is 2.16. The van der Waals surface area contributed by atoms with Crippen LogP contribution in [0.3, 0.4) is 0 Å². The normalized spacial score (nSPS) is 11.4. The summed E-state index contributed by atoms with van der Waals surface area (Å²) in [4.78, 5) is 0. The molecule has 0 aliphatic rings. The first-order valence-corrected chi connectivity index (χ1v) is 4.70. The van der Waals surface area contributed by atoms with Crippen molar-refractivity contribution >= 4 is 12.7 Å². The predicted octanol–water partition coefficient (Wildman–Crippen LogP) is 3.67. The summed E-state index contributed by atoms with van der Waals surface area (Å²) < 4.78 is 0. The first-order valence-electron chi connectivity index (χ1n) is 4.70. The highest BCUT2D eigenvalue weighted by Gasteiger charge is 1.85. The highest BCUT2D eigenvalue weighted by molar-refractivity contribution is 5.44. The molecule has 0 heterocycles. The third-order valence-electron chi connectivity index (χ3n) is 2.24. The van der Waals surface area contributed by atoms with Gasteiger partial charge in [-0.05, 0) is 29.9 Å². The van der Waals surface area contributed by atoms with Crippen molar-refractivity contribution in [3.8, 4) is 0 Å². The molecule has 1 aromatic rings. The number of rotatable bonds is 2. The second kappa shape index (κ2) is 7.70. The Balaban J connectivity index is 0. The van der Waals surface area contributed by atoms with Crippen LogP contribution in [0.1, 0.15) is 28.7 Å². The van der Waals surface area contributed by atoms with Crippen LogP contribution in [0.5, 0.6) is 0 Å². The molecule has 0 amide bonds. The fourth-order valence-corrected chi connectivity index (χ4v) is 1.05. The van der Waals surface area contributed by atoms with Gasteiger partial charge in [0.25, 0.3) is 0 Å². The lowest BCUT2D eigenvalue weighted by atomic mass is 10.1. The van der Waals surface area contributed by atoms with Gasteiger partial charge in [-0.15, -0.1) is 0 Å². The largest absolute Gasteiger partial charge is 0.0958 e. The van der Waals surface area contributed by atoms with Crippen molar-refractivity contribution in [2.45, 2.75) is 28.7 Å². The number of hydrogen-bond acceptors (Lipinski definition) is 0. The number of allylic oxidation sites excluding steroid dienone is 3. The Labute approximate surface area is 100 Å². The molecule has 0 fully saturated rings. The predicted molar refractivity (Wildman–Crippen MR) is 77.7 cm³/mol. The summed E-state index contributed by atoms with van der Waals surface area (Å²) in [6, 6.07) is 8.08. The van der Waals surface area contributed by atoms with Crippen molar-refractivity contribution in [1.82, 2.24) is 0 Å². The molecule has 0 saturated carbocycles. The highest BCUT2D eigenvalue weighted by atomic mass is 13.9. The Morgan fingerprint density at radius 2 is 1.69 bits per heavy atom. The summed E-state index contributed by atoms with van der Waals surface area (Å²) in [6.07, 6.45) is 4.15. The Hall–Kier alpha value is -1.56. The van der Waals surface area contributed by atoms with Crippen molar-refractivity contribution in [1.29, 1.82) is 0 Å². The Kier molecular flexibility index (Phi) is 8.11. The van der Waals surface area contributed by atoms with Crippen LogP contribution in [0.2, 0.25) is 0 Å². The molecule has 88 valence electrons. The van der Waals surface area contributed by atoms with Crippen LogP contribution in [-0.2, 0) is 0 Å². The van der Waals surface area contributed by atoms with Gasteiger partial charge >= 0.3 is 0 Å². The summed E-state index contributed by atoms with van der Waals surface area (Å²) in [5.74, 6) is 0. The van der Waals surface area contributed by atoms with E-state index in [0.717, 1.165) is 16.0 Å². The van der Waals surface area contributed by atoms with E-state index < -0.39 is 0 Å². The van der Waals surface area contributed by atoms with Gasteiger partial charge < -0.3 is 0 Å². The number of hydrogen-bond donors (Lipinski definition) is 0. The minimum absolute atomic E-state index is 0. The van der Waals surface area contributed by atoms with Crippen LogP contribution in [0.25, 0.3) is 12.7 Å². The van der Waals surface area contributed by atoms with Gasteiger partial charge in [0.1, 0.15) is 0 Å². The lowest BCUT2D eigenvalue weighted by Crippen LogP contribution is -2.21. The molecule has 0 atom stereocenters. The summed E-state index contributed by atoms with van der Waals surface area (Å²) in [6.45, 7) is 11.9. The molecule has 0 N–H and O–H groups in total. The molecule has 1 aromatic carbocycles. The van der Waals surface area contributed by atoms with Gasteiger partial charge in [0, 0.05) is 0 Å². The maximum Gasteiger partial charge on any atom is -0.0190 e. The molecule has 0 spiro atoms. The van der Waals surface area contributed by atoms with Crippen LogP contribution in [-0.4, -0.2) is 0 Å². The van der Waals surface area contributed by atoms with E-state index in [0.29, 0.717) is 0 Å². The van der Waals surface area contributed by atoms with Gasteiger partial charge in [-0.1, -0.05) is 70.0 Å². The minimum atomic E-state index is 0. The second-order valence-corrected chi connectivity index (χ2v) is 3.50. The van der Waals surface area contributed by atoms with E-state index in [4.69, 9.17) is 0 Å². The van der Waals surface area contributed by atoms with Crippen molar-refractivity contribution in [3.63, 3.8) is 0 Å². The zero-order chi connectivity index (χ0) is 10.6. The highest BCUT2D eigenvalue weighted by Crippen LogP contribution is 2.03. The Morgan fingerprint density at radius 1 is 1.12 bits per heavy atom. The fourth-order valence-electron chi connectivity index (χ4n) is 1.05. The minimum Gasteiger partial charge on any atom is -0.0958 e. The van der Waals surface area contributed by atoms with Crippen molar-refractivity contribution in [2.24, 2.45) is 0 Å². The first kappa shape index (κ1) is 16.9. The molecule has 0 nitrogen and oxygen atoms in total. The molecule has 0 unspecified atom stereocenters. The lowest BCUT2D eigenvalue weighted by Gasteiger charge is -1.94. The van der Waals surface area contributed by atoms with E-state index in [2.05, 4.69) is 38.3 Å². The first-order chi connectivity index (χ1) is 6.61. The van der Waals surface area contributed by atoms with Crippen molar-refractivity contribution < 1.29 is 0 Å². The summed E-state index contributed by atoms with van der Waals surface area (Å²) in [7, 11) is 0. The Morgan fingerprint density at radius 3 is 2.19 bits per heavy atom. The third kappa shape index (κ3) is 4.79. The summed E-state index contributed by atoms with van der Waals surface area (Å²) in [5.41, 5.74) is 2.30. The monoisotopic (exact) mass is 216 g/mol. The van der Waals surface area contributed by atoms with Gasteiger partial charge in [-0.3, -0.25) is 0 Å². The van der Waals surface area contributed by atoms with E-state index in [1.54, 1.807) is 0 Å². The van der Waals surface area contributed by atoms with Crippen LogP contribution in [0.15, 0.2) is 48.1 Å². The summed E-state index contributed by atoms with van der Waals surface area (Å²) >= 11 is 0. The quantitative estimate of drug-likeness (QED) is 0.662. The smallest absolute Gasteiger partial charge is 0.0190 e. The van der Waals surface area contributed by atoms with E-state index >= 15 is 0 Å². The van der Waals surface area contributed by atoms with Crippen molar-refractivity contribution in [2.75, 3.05) is 0 Å². The molecule has 0 aromatic heterocycles. The van der Waals surface area contributed by atoms with Gasteiger partial charge in [0.2, 0.25) is 0 Å². The molecular weight excluding hydrogens is 192 g/mol. The fraction of sp³-hybridized carbons (Fsp3) is 0.250. The molecule has 0 radical (unpaired) electrons. The topological polar surface area (TPSA) is 0 Å².